The lowest BCUT2D eigenvalue weighted by Crippen LogP contribution is -2.37. The third kappa shape index (κ3) is 3.34. The average molecular weight is 362 g/mol. The summed E-state index contributed by atoms with van der Waals surface area (Å²) in [4.78, 5) is 12.0. The van der Waals surface area contributed by atoms with Gasteiger partial charge in [0.15, 0.2) is 0 Å². The summed E-state index contributed by atoms with van der Waals surface area (Å²) in [5.41, 5.74) is 2.52. The minimum Gasteiger partial charge on any atom is -0.494 e. The van der Waals surface area contributed by atoms with E-state index >= 15 is 0 Å². The van der Waals surface area contributed by atoms with Crippen molar-refractivity contribution in [2.75, 3.05) is 13.2 Å². The van der Waals surface area contributed by atoms with Crippen LogP contribution in [-0.4, -0.2) is 30.4 Å². The van der Waals surface area contributed by atoms with E-state index in [0.717, 1.165) is 16.7 Å². The number of hydrogen-bond donors (Lipinski definition) is 0. The monoisotopic (exact) mass is 362 g/mol. The molecule has 25 heavy (non-hydrogen) atoms. The number of benzene rings is 1. The Morgan fingerprint density at radius 2 is 1.96 bits per heavy atom. The first kappa shape index (κ1) is 17.7. The summed E-state index contributed by atoms with van der Waals surface area (Å²) in [6, 6.07) is 6.54. The van der Waals surface area contributed by atoms with E-state index in [2.05, 4.69) is 0 Å². The number of sulfonamides is 1. The Balaban J connectivity index is 1.92. The number of aromatic nitrogens is 1. The van der Waals surface area contributed by atoms with Crippen LogP contribution in [0.2, 0.25) is 0 Å². The van der Waals surface area contributed by atoms with Crippen molar-refractivity contribution in [2.45, 2.75) is 31.7 Å². The molecule has 6 nitrogen and oxygen atoms in total. The zero-order valence-corrected chi connectivity index (χ0v) is 15.5. The maximum atomic E-state index is 13.0. The zero-order valence-electron chi connectivity index (χ0n) is 14.7. The molecule has 0 fully saturated rings. The van der Waals surface area contributed by atoms with E-state index in [0.29, 0.717) is 25.3 Å². The Bertz CT molecular complexity index is 964. The lowest BCUT2D eigenvalue weighted by Gasteiger charge is -2.28. The molecule has 3 rings (SSSR count). The van der Waals surface area contributed by atoms with Crippen LogP contribution in [0.15, 0.2) is 40.2 Å². The van der Waals surface area contributed by atoms with Crippen LogP contribution in [0.25, 0.3) is 0 Å². The fourth-order valence-electron chi connectivity index (χ4n) is 3.07. The van der Waals surface area contributed by atoms with E-state index < -0.39 is 10.0 Å². The standard InChI is InChI=1S/C18H22N2O4S/c1-4-24-17-6-5-16(9-13(17)2)25(22,23)20-8-7-14-10-18(21)19(3)11-15(14)12-20/h5-6,9-11H,4,7-8,12H2,1-3H3. The molecule has 1 aromatic carbocycles. The van der Waals surface area contributed by atoms with Gasteiger partial charge in [-0.15, -0.1) is 0 Å². The van der Waals surface area contributed by atoms with Crippen LogP contribution in [0.1, 0.15) is 23.6 Å². The normalized spacial score (nSPS) is 15.0. The third-order valence-electron chi connectivity index (χ3n) is 4.47. The number of hydrogen-bond acceptors (Lipinski definition) is 4. The summed E-state index contributed by atoms with van der Waals surface area (Å²) in [6.07, 6.45) is 2.27. The van der Waals surface area contributed by atoms with Crippen molar-refractivity contribution in [1.82, 2.24) is 8.87 Å². The number of aryl methyl sites for hydroxylation is 2. The number of fused-ring (bicyclic) bond motifs is 1. The maximum Gasteiger partial charge on any atom is 0.250 e. The molecule has 0 saturated heterocycles. The van der Waals surface area contributed by atoms with Gasteiger partial charge < -0.3 is 9.30 Å². The topological polar surface area (TPSA) is 68.6 Å². The average Bonchev–Trinajstić information content (AvgIpc) is 2.57. The Kier molecular flexibility index (Phi) is 4.71. The van der Waals surface area contributed by atoms with Gasteiger partial charge >= 0.3 is 0 Å². The van der Waals surface area contributed by atoms with Crippen molar-refractivity contribution >= 4 is 10.0 Å². The van der Waals surface area contributed by atoms with Gasteiger partial charge in [0.25, 0.3) is 5.56 Å². The molecule has 0 bridgehead atoms. The summed E-state index contributed by atoms with van der Waals surface area (Å²) in [6.45, 7) is 4.91. The minimum atomic E-state index is -3.59. The first-order valence-electron chi connectivity index (χ1n) is 8.25. The van der Waals surface area contributed by atoms with Gasteiger partial charge in [0, 0.05) is 32.4 Å². The van der Waals surface area contributed by atoms with E-state index in [1.54, 1.807) is 37.5 Å². The smallest absolute Gasteiger partial charge is 0.250 e. The SMILES string of the molecule is CCOc1ccc(S(=O)(=O)N2CCc3cc(=O)n(C)cc3C2)cc1C. The third-order valence-corrected chi connectivity index (χ3v) is 6.31. The Labute approximate surface area is 147 Å². The molecule has 1 aliphatic heterocycles. The fourth-order valence-corrected chi connectivity index (χ4v) is 4.57. The summed E-state index contributed by atoms with van der Waals surface area (Å²) >= 11 is 0. The summed E-state index contributed by atoms with van der Waals surface area (Å²) < 4.78 is 34.4. The Morgan fingerprint density at radius 1 is 1.20 bits per heavy atom. The largest absolute Gasteiger partial charge is 0.494 e. The summed E-state index contributed by atoms with van der Waals surface area (Å²) in [5, 5.41) is 0. The van der Waals surface area contributed by atoms with Crippen LogP contribution >= 0.6 is 0 Å². The molecular weight excluding hydrogens is 340 g/mol. The highest BCUT2D eigenvalue weighted by molar-refractivity contribution is 7.89. The zero-order chi connectivity index (χ0) is 18.2. The first-order valence-corrected chi connectivity index (χ1v) is 9.69. The van der Waals surface area contributed by atoms with Crippen LogP contribution in [0, 0.1) is 6.92 Å². The number of ether oxygens (including phenoxy) is 1. The molecular formula is C18H22N2O4S. The highest BCUT2D eigenvalue weighted by Gasteiger charge is 2.29. The van der Waals surface area contributed by atoms with Crippen molar-refractivity contribution in [3.63, 3.8) is 0 Å². The number of rotatable bonds is 4. The summed E-state index contributed by atoms with van der Waals surface area (Å²) in [7, 11) is -1.92. The van der Waals surface area contributed by atoms with Gasteiger partial charge in [0.2, 0.25) is 10.0 Å². The molecule has 0 N–H and O–H groups in total. The Morgan fingerprint density at radius 3 is 2.64 bits per heavy atom. The second-order valence-corrected chi connectivity index (χ2v) is 8.16. The van der Waals surface area contributed by atoms with Crippen LogP contribution in [0.5, 0.6) is 5.75 Å². The molecule has 0 aliphatic carbocycles. The molecule has 0 amide bonds. The van der Waals surface area contributed by atoms with Crippen LogP contribution in [0.4, 0.5) is 0 Å². The lowest BCUT2D eigenvalue weighted by molar-refractivity contribution is 0.337. The molecule has 0 radical (unpaired) electrons. The van der Waals surface area contributed by atoms with Gasteiger partial charge in [-0.25, -0.2) is 8.42 Å². The van der Waals surface area contributed by atoms with E-state index in [4.69, 9.17) is 4.74 Å². The van der Waals surface area contributed by atoms with Crippen LogP contribution in [-0.2, 0) is 30.0 Å². The van der Waals surface area contributed by atoms with Gasteiger partial charge in [0.1, 0.15) is 5.75 Å². The molecule has 1 aliphatic rings. The fraction of sp³-hybridized carbons (Fsp3) is 0.389. The molecule has 2 aromatic rings. The van der Waals surface area contributed by atoms with Gasteiger partial charge in [-0.05, 0) is 55.2 Å². The molecule has 0 saturated carbocycles. The Hall–Kier alpha value is -2.12. The van der Waals surface area contributed by atoms with Gasteiger partial charge in [0.05, 0.1) is 11.5 Å². The highest BCUT2D eigenvalue weighted by Crippen LogP contribution is 2.27. The van der Waals surface area contributed by atoms with Crippen molar-refractivity contribution in [3.05, 3.63) is 57.5 Å². The van der Waals surface area contributed by atoms with E-state index in [-0.39, 0.29) is 17.0 Å². The van der Waals surface area contributed by atoms with Crippen LogP contribution in [0.3, 0.4) is 0 Å². The predicted molar refractivity (Wildman–Crippen MR) is 95.3 cm³/mol. The predicted octanol–water partition coefficient (Wildman–Crippen LogP) is 1.84. The molecule has 134 valence electrons. The van der Waals surface area contributed by atoms with Crippen molar-refractivity contribution in [2.24, 2.45) is 7.05 Å². The highest BCUT2D eigenvalue weighted by atomic mass is 32.2. The first-order chi connectivity index (χ1) is 11.8. The van der Waals surface area contributed by atoms with E-state index in [9.17, 15) is 13.2 Å². The second kappa shape index (κ2) is 6.65. The quantitative estimate of drug-likeness (QED) is 0.832. The van der Waals surface area contributed by atoms with Crippen LogP contribution < -0.4 is 10.3 Å². The van der Waals surface area contributed by atoms with Crippen molar-refractivity contribution < 1.29 is 13.2 Å². The van der Waals surface area contributed by atoms with E-state index in [1.807, 2.05) is 13.8 Å². The molecule has 1 aromatic heterocycles. The van der Waals surface area contributed by atoms with Crippen molar-refractivity contribution in [3.8, 4) is 5.75 Å². The number of pyridine rings is 1. The van der Waals surface area contributed by atoms with Crippen molar-refractivity contribution in [1.29, 1.82) is 0 Å². The van der Waals surface area contributed by atoms with Gasteiger partial charge in [-0.3, -0.25) is 4.79 Å². The van der Waals surface area contributed by atoms with Gasteiger partial charge in [-0.2, -0.15) is 4.31 Å². The molecule has 7 heteroatoms. The summed E-state index contributed by atoms with van der Waals surface area (Å²) in [5.74, 6) is 0.695. The lowest BCUT2D eigenvalue weighted by atomic mass is 10.0. The van der Waals surface area contributed by atoms with E-state index in [1.165, 1.54) is 8.87 Å². The molecule has 0 unspecified atom stereocenters. The molecule has 0 atom stereocenters. The molecule has 0 spiro atoms. The second-order valence-electron chi connectivity index (χ2n) is 6.22. The van der Waals surface area contributed by atoms with Gasteiger partial charge in [-0.1, -0.05) is 0 Å². The molecule has 2 heterocycles. The minimum absolute atomic E-state index is 0.0720. The maximum absolute atomic E-state index is 13.0. The number of nitrogens with zero attached hydrogens (tertiary/aromatic N) is 2.